The van der Waals surface area contributed by atoms with Gasteiger partial charge >= 0.3 is 11.9 Å². The Morgan fingerprint density at radius 1 is 1.32 bits per heavy atom. The number of hydrogen-bond donors (Lipinski definition) is 2. The lowest BCUT2D eigenvalue weighted by Crippen LogP contribution is -2.70. The summed E-state index contributed by atoms with van der Waals surface area (Å²) in [5.41, 5.74) is 5.75. The van der Waals surface area contributed by atoms with Crippen LogP contribution in [-0.4, -0.2) is 70.4 Å². The zero-order chi connectivity index (χ0) is 24.8. The summed E-state index contributed by atoms with van der Waals surface area (Å²) in [6, 6.07) is -0.889. The number of nitrogens with one attached hydrogen (secondary N) is 1. The molecule has 14 heteroatoms. The number of nitrogens with zero attached hydrogens (tertiary/aromatic N) is 3. The number of nitrogens with two attached hydrogens (primary N) is 1. The van der Waals surface area contributed by atoms with Gasteiger partial charge in [0.15, 0.2) is 10.8 Å². The molecule has 2 amide bonds. The number of thioether (sulfide) groups is 1. The Bertz CT molecular complexity index is 1020. The van der Waals surface area contributed by atoms with Crippen LogP contribution >= 0.6 is 23.1 Å². The predicted octanol–water partition coefficient (Wildman–Crippen LogP) is 0.840. The van der Waals surface area contributed by atoms with E-state index in [2.05, 4.69) is 15.5 Å². The van der Waals surface area contributed by atoms with Gasteiger partial charge in [-0.3, -0.25) is 19.3 Å². The minimum Gasteiger partial charge on any atom is -0.428 e. The lowest BCUT2D eigenvalue weighted by atomic mass is 10.0. The van der Waals surface area contributed by atoms with Crippen LogP contribution in [0.5, 0.6) is 0 Å². The number of β-lactam (4-membered cyclic amide) rings is 1. The van der Waals surface area contributed by atoms with Crippen molar-refractivity contribution in [2.45, 2.75) is 38.1 Å². The summed E-state index contributed by atoms with van der Waals surface area (Å²) in [4.78, 5) is 60.0. The first-order chi connectivity index (χ1) is 16.3. The quantitative estimate of drug-likeness (QED) is 0.151. The molecule has 34 heavy (non-hydrogen) atoms. The molecule has 12 nitrogen and oxygen atoms in total. The molecule has 0 aromatic carbocycles. The monoisotopic (exact) mass is 511 g/mol. The standard InChI is InChI=1S/C20H25N5O7S2/c1-4-10(5-2)18(28)31-9-32-19(29)12-6-7-33-17-14(16(27)25(12)17)23-15(26)13(24-30-3)11-8-34-20(21)22-11/h6,8,10,14,17H,4-5,7,9H2,1-3H3,(H2,21,22)(H,23,26)/t14?,17-/m1/s1. The number of aromatic nitrogens is 1. The van der Waals surface area contributed by atoms with Crippen LogP contribution in [0.15, 0.2) is 22.3 Å². The first kappa shape index (κ1) is 25.5. The number of carbonyl (C=O) groups excluding carboxylic acids is 4. The van der Waals surface area contributed by atoms with E-state index in [4.69, 9.17) is 20.0 Å². The van der Waals surface area contributed by atoms with Crippen molar-refractivity contribution in [2.75, 3.05) is 25.4 Å². The highest BCUT2D eigenvalue weighted by Crippen LogP contribution is 2.37. The van der Waals surface area contributed by atoms with E-state index in [1.165, 1.54) is 23.8 Å². The summed E-state index contributed by atoms with van der Waals surface area (Å²) in [5, 5.41) is 7.59. The number of thiazole rings is 1. The Balaban J connectivity index is 1.59. The Kier molecular flexibility index (Phi) is 8.50. The maximum atomic E-state index is 12.8. The zero-order valence-electron chi connectivity index (χ0n) is 18.8. The molecule has 0 bridgehead atoms. The average Bonchev–Trinajstić information content (AvgIpc) is 3.26. The number of amides is 2. The molecule has 1 aromatic rings. The van der Waals surface area contributed by atoms with E-state index < -0.39 is 42.0 Å². The molecule has 184 valence electrons. The largest absolute Gasteiger partial charge is 0.428 e. The molecule has 0 aliphatic carbocycles. The Morgan fingerprint density at radius 2 is 2.06 bits per heavy atom. The van der Waals surface area contributed by atoms with Gasteiger partial charge in [-0.1, -0.05) is 19.0 Å². The van der Waals surface area contributed by atoms with Crippen molar-refractivity contribution in [2.24, 2.45) is 11.1 Å². The third-order valence-corrected chi connectivity index (χ3v) is 7.07. The number of ether oxygens (including phenoxy) is 2. The van der Waals surface area contributed by atoms with Crippen LogP contribution in [0.3, 0.4) is 0 Å². The van der Waals surface area contributed by atoms with E-state index in [9.17, 15) is 19.2 Å². The maximum absolute atomic E-state index is 12.8. The fourth-order valence-electron chi connectivity index (χ4n) is 3.39. The van der Waals surface area contributed by atoms with E-state index in [1.54, 1.807) is 11.5 Å². The van der Waals surface area contributed by atoms with E-state index in [1.807, 2.05) is 13.8 Å². The number of anilines is 1. The van der Waals surface area contributed by atoms with Crippen LogP contribution < -0.4 is 11.1 Å². The molecule has 0 saturated carbocycles. The van der Waals surface area contributed by atoms with Gasteiger partial charge < -0.3 is 25.4 Å². The number of esters is 2. The van der Waals surface area contributed by atoms with Gasteiger partial charge in [0.25, 0.3) is 11.8 Å². The molecule has 1 fully saturated rings. The van der Waals surface area contributed by atoms with Crippen molar-refractivity contribution in [1.82, 2.24) is 15.2 Å². The molecule has 3 N–H and O–H groups in total. The predicted molar refractivity (Wildman–Crippen MR) is 124 cm³/mol. The van der Waals surface area contributed by atoms with Crippen molar-refractivity contribution in [3.63, 3.8) is 0 Å². The molecular formula is C20H25N5O7S2. The maximum Gasteiger partial charge on any atom is 0.357 e. The number of fused-ring (bicyclic) bond motifs is 1. The Hall–Kier alpha value is -3.13. The Morgan fingerprint density at radius 3 is 2.68 bits per heavy atom. The number of hydrogen-bond acceptors (Lipinski definition) is 12. The number of carbonyl (C=O) groups is 4. The lowest BCUT2D eigenvalue weighted by Gasteiger charge is -2.48. The zero-order valence-corrected chi connectivity index (χ0v) is 20.4. The molecule has 1 aromatic heterocycles. The first-order valence-electron chi connectivity index (χ1n) is 10.4. The molecule has 1 saturated heterocycles. The van der Waals surface area contributed by atoms with Gasteiger partial charge in [0.1, 0.15) is 29.9 Å². The minimum absolute atomic E-state index is 0.0379. The topological polar surface area (TPSA) is 163 Å². The van der Waals surface area contributed by atoms with Crippen LogP contribution in [-0.2, 0) is 33.5 Å². The van der Waals surface area contributed by atoms with Gasteiger partial charge in [-0.15, -0.1) is 23.1 Å². The fraction of sp³-hybridized carbons (Fsp3) is 0.500. The van der Waals surface area contributed by atoms with Crippen molar-refractivity contribution in [3.8, 4) is 0 Å². The molecule has 0 radical (unpaired) electrons. The lowest BCUT2D eigenvalue weighted by molar-refractivity contribution is -0.170. The number of nitrogen functional groups attached to an aromatic ring is 1. The highest BCUT2D eigenvalue weighted by atomic mass is 32.2. The smallest absolute Gasteiger partial charge is 0.357 e. The summed E-state index contributed by atoms with van der Waals surface area (Å²) in [7, 11) is 1.28. The second kappa shape index (κ2) is 11.3. The van der Waals surface area contributed by atoms with Crippen LogP contribution in [0.25, 0.3) is 0 Å². The molecule has 2 atom stereocenters. The normalized spacial score (nSPS) is 19.6. The van der Waals surface area contributed by atoms with Gasteiger partial charge in [-0.2, -0.15) is 0 Å². The minimum atomic E-state index is -0.889. The molecule has 3 rings (SSSR count). The van der Waals surface area contributed by atoms with Crippen molar-refractivity contribution < 1.29 is 33.5 Å². The number of rotatable bonds is 10. The first-order valence-corrected chi connectivity index (χ1v) is 12.4. The molecule has 1 unspecified atom stereocenters. The second-order valence-corrected chi connectivity index (χ2v) is 9.23. The third kappa shape index (κ3) is 5.33. The summed E-state index contributed by atoms with van der Waals surface area (Å²) in [6.45, 7) is 3.19. The van der Waals surface area contributed by atoms with Crippen molar-refractivity contribution in [1.29, 1.82) is 0 Å². The van der Waals surface area contributed by atoms with Gasteiger partial charge in [-0.05, 0) is 18.9 Å². The molecule has 0 spiro atoms. The fourth-order valence-corrected chi connectivity index (χ4v) is 5.13. The SMILES string of the molecule is CCC(CC)C(=O)OCOC(=O)C1=CCS[C@@H]2C(NC(=O)C(=NOC)c3csc(N)n3)C(=O)N12. The highest BCUT2D eigenvalue weighted by Gasteiger charge is 2.53. The second-order valence-electron chi connectivity index (χ2n) is 7.19. The highest BCUT2D eigenvalue weighted by molar-refractivity contribution is 8.00. The third-order valence-electron chi connectivity index (χ3n) is 5.21. The van der Waals surface area contributed by atoms with Gasteiger partial charge in [0.2, 0.25) is 6.79 Å². The van der Waals surface area contributed by atoms with E-state index in [0.717, 1.165) is 11.3 Å². The van der Waals surface area contributed by atoms with E-state index in [0.29, 0.717) is 18.6 Å². The summed E-state index contributed by atoms with van der Waals surface area (Å²) >= 11 is 2.50. The van der Waals surface area contributed by atoms with Crippen molar-refractivity contribution >= 4 is 57.7 Å². The molecule has 3 heterocycles. The van der Waals surface area contributed by atoms with Crippen LogP contribution in [0.2, 0.25) is 0 Å². The van der Waals surface area contributed by atoms with Crippen LogP contribution in [0, 0.1) is 5.92 Å². The number of oxime groups is 1. The van der Waals surface area contributed by atoms with E-state index in [-0.39, 0.29) is 28.2 Å². The van der Waals surface area contributed by atoms with Crippen molar-refractivity contribution in [3.05, 3.63) is 22.8 Å². The van der Waals surface area contributed by atoms with Crippen LogP contribution in [0.4, 0.5) is 5.13 Å². The molecular weight excluding hydrogens is 486 g/mol. The summed E-state index contributed by atoms with van der Waals surface area (Å²) in [6.07, 6.45) is 2.79. The molecule has 2 aliphatic heterocycles. The van der Waals surface area contributed by atoms with Gasteiger partial charge in [-0.25, -0.2) is 9.78 Å². The van der Waals surface area contributed by atoms with E-state index >= 15 is 0 Å². The Labute approximate surface area is 203 Å². The molecule has 2 aliphatic rings. The van der Waals surface area contributed by atoms with Gasteiger partial charge in [0.05, 0.1) is 5.92 Å². The van der Waals surface area contributed by atoms with Crippen LogP contribution in [0.1, 0.15) is 32.4 Å². The average molecular weight is 512 g/mol. The summed E-state index contributed by atoms with van der Waals surface area (Å²) in [5.74, 6) is -2.24. The van der Waals surface area contributed by atoms with Gasteiger partial charge in [0, 0.05) is 11.1 Å². The summed E-state index contributed by atoms with van der Waals surface area (Å²) < 4.78 is 10.1.